The van der Waals surface area contributed by atoms with Gasteiger partial charge in [0.25, 0.3) is 5.91 Å². The van der Waals surface area contributed by atoms with Crippen molar-refractivity contribution in [2.45, 2.75) is 0 Å². The number of rotatable bonds is 6. The number of methoxy groups -OCH3 is 1. The van der Waals surface area contributed by atoms with E-state index in [-0.39, 0.29) is 19.0 Å². The molecule has 2 aromatic carbocycles. The summed E-state index contributed by atoms with van der Waals surface area (Å²) >= 11 is 0. The van der Waals surface area contributed by atoms with Crippen LogP contribution in [0.15, 0.2) is 42.5 Å². The van der Waals surface area contributed by atoms with Crippen molar-refractivity contribution in [2.24, 2.45) is 0 Å². The van der Waals surface area contributed by atoms with Crippen molar-refractivity contribution < 1.29 is 19.4 Å². The van der Waals surface area contributed by atoms with Crippen molar-refractivity contribution in [3.63, 3.8) is 0 Å². The molecule has 0 spiro atoms. The van der Waals surface area contributed by atoms with Crippen LogP contribution in [-0.2, 0) is 9.53 Å². The molecule has 0 bridgehead atoms. The molecule has 5 nitrogen and oxygen atoms in total. The van der Waals surface area contributed by atoms with E-state index < -0.39 is 5.97 Å². The van der Waals surface area contributed by atoms with Crippen LogP contribution in [0, 0.1) is 0 Å². The molecule has 2 rings (SSSR count). The molecule has 0 aliphatic heterocycles. The lowest BCUT2D eigenvalue weighted by atomic mass is 10.1. The molecule has 21 heavy (non-hydrogen) atoms. The van der Waals surface area contributed by atoms with E-state index >= 15 is 0 Å². The van der Waals surface area contributed by atoms with Gasteiger partial charge in [-0.05, 0) is 22.9 Å². The predicted molar refractivity (Wildman–Crippen MR) is 79.4 cm³/mol. The Labute approximate surface area is 122 Å². The molecule has 110 valence electrons. The van der Waals surface area contributed by atoms with Crippen molar-refractivity contribution in [2.75, 3.05) is 26.8 Å². The minimum atomic E-state index is -1.04. The van der Waals surface area contributed by atoms with Gasteiger partial charge in [-0.3, -0.25) is 9.59 Å². The van der Waals surface area contributed by atoms with E-state index in [0.717, 1.165) is 10.8 Å². The minimum Gasteiger partial charge on any atom is -0.480 e. The number of benzene rings is 2. The summed E-state index contributed by atoms with van der Waals surface area (Å²) in [6.07, 6.45) is 0. The van der Waals surface area contributed by atoms with Crippen LogP contribution in [0.5, 0.6) is 0 Å². The SMILES string of the molecule is COCCN(CC(=O)O)C(=O)c1ccc2ccccc2c1. The number of carbonyl (C=O) groups is 2. The Hall–Kier alpha value is -2.40. The molecule has 0 atom stereocenters. The van der Waals surface area contributed by atoms with E-state index in [9.17, 15) is 9.59 Å². The van der Waals surface area contributed by atoms with Gasteiger partial charge in [0.2, 0.25) is 0 Å². The zero-order valence-corrected chi connectivity index (χ0v) is 11.8. The van der Waals surface area contributed by atoms with E-state index in [2.05, 4.69) is 0 Å². The zero-order valence-electron chi connectivity index (χ0n) is 11.8. The third-order valence-corrected chi connectivity index (χ3v) is 3.18. The number of amides is 1. The lowest BCUT2D eigenvalue weighted by Crippen LogP contribution is -2.38. The normalized spacial score (nSPS) is 10.5. The average Bonchev–Trinajstić information content (AvgIpc) is 2.50. The molecule has 0 heterocycles. The standard InChI is InChI=1S/C16H17NO4/c1-21-9-8-17(11-15(18)19)16(20)14-7-6-12-4-2-3-5-13(12)10-14/h2-7,10H,8-9,11H2,1H3,(H,18,19). The van der Waals surface area contributed by atoms with E-state index in [0.29, 0.717) is 12.2 Å². The summed E-state index contributed by atoms with van der Waals surface area (Å²) in [4.78, 5) is 24.6. The number of hydrogen-bond donors (Lipinski definition) is 1. The highest BCUT2D eigenvalue weighted by molar-refractivity contribution is 5.99. The van der Waals surface area contributed by atoms with Crippen molar-refractivity contribution >= 4 is 22.6 Å². The monoisotopic (exact) mass is 287 g/mol. The van der Waals surface area contributed by atoms with Crippen LogP contribution in [0.2, 0.25) is 0 Å². The van der Waals surface area contributed by atoms with Crippen LogP contribution in [0.3, 0.4) is 0 Å². The van der Waals surface area contributed by atoms with Gasteiger partial charge in [0.1, 0.15) is 6.54 Å². The first-order valence-electron chi connectivity index (χ1n) is 6.60. The van der Waals surface area contributed by atoms with Crippen LogP contribution < -0.4 is 0 Å². The third kappa shape index (κ3) is 3.79. The highest BCUT2D eigenvalue weighted by Gasteiger charge is 2.18. The average molecular weight is 287 g/mol. The lowest BCUT2D eigenvalue weighted by Gasteiger charge is -2.20. The second-order valence-corrected chi connectivity index (χ2v) is 4.68. The molecule has 0 aliphatic carbocycles. The molecule has 1 amide bonds. The van der Waals surface area contributed by atoms with Crippen LogP contribution in [-0.4, -0.2) is 48.7 Å². The first kappa shape index (κ1) is 15.0. The maximum absolute atomic E-state index is 12.4. The Morgan fingerprint density at radius 2 is 1.86 bits per heavy atom. The first-order chi connectivity index (χ1) is 10.1. The summed E-state index contributed by atoms with van der Waals surface area (Å²) in [5, 5.41) is 10.9. The third-order valence-electron chi connectivity index (χ3n) is 3.18. The van der Waals surface area contributed by atoms with Gasteiger partial charge in [-0.2, -0.15) is 0 Å². The number of carbonyl (C=O) groups excluding carboxylic acids is 1. The molecule has 0 fully saturated rings. The highest BCUT2D eigenvalue weighted by atomic mass is 16.5. The van der Waals surface area contributed by atoms with E-state index in [1.807, 2.05) is 30.3 Å². The Bertz CT molecular complexity index is 654. The molecular weight excluding hydrogens is 270 g/mol. The van der Waals surface area contributed by atoms with E-state index in [1.165, 1.54) is 12.0 Å². The van der Waals surface area contributed by atoms with Crippen molar-refractivity contribution in [3.05, 3.63) is 48.0 Å². The van der Waals surface area contributed by atoms with Gasteiger partial charge >= 0.3 is 5.97 Å². The molecule has 0 saturated heterocycles. The summed E-state index contributed by atoms with van der Waals surface area (Å²) < 4.78 is 4.92. The van der Waals surface area contributed by atoms with Gasteiger partial charge in [0, 0.05) is 19.2 Å². The van der Waals surface area contributed by atoms with Gasteiger partial charge in [0.15, 0.2) is 0 Å². The Morgan fingerprint density at radius 3 is 2.52 bits per heavy atom. The number of carboxylic acids is 1. The topological polar surface area (TPSA) is 66.8 Å². The van der Waals surface area contributed by atoms with E-state index in [1.54, 1.807) is 12.1 Å². The van der Waals surface area contributed by atoms with Gasteiger partial charge in [-0.25, -0.2) is 0 Å². The Balaban J connectivity index is 2.26. The van der Waals surface area contributed by atoms with Crippen LogP contribution in [0.25, 0.3) is 10.8 Å². The maximum Gasteiger partial charge on any atom is 0.323 e. The summed E-state index contributed by atoms with van der Waals surface area (Å²) in [6, 6.07) is 13.1. The van der Waals surface area contributed by atoms with Gasteiger partial charge in [-0.15, -0.1) is 0 Å². The number of aliphatic carboxylic acids is 1. The second-order valence-electron chi connectivity index (χ2n) is 4.68. The molecule has 1 N–H and O–H groups in total. The number of ether oxygens (including phenoxy) is 1. The van der Waals surface area contributed by atoms with E-state index in [4.69, 9.17) is 9.84 Å². The minimum absolute atomic E-state index is 0.245. The van der Waals surface area contributed by atoms with Crippen molar-refractivity contribution in [3.8, 4) is 0 Å². The smallest absolute Gasteiger partial charge is 0.323 e. The number of carboxylic acid groups (broad SMARTS) is 1. The quantitative estimate of drug-likeness (QED) is 0.882. The summed E-state index contributed by atoms with van der Waals surface area (Å²) in [5.74, 6) is -1.35. The number of hydrogen-bond acceptors (Lipinski definition) is 3. The fourth-order valence-electron chi connectivity index (χ4n) is 2.12. The molecule has 0 unspecified atom stereocenters. The van der Waals surface area contributed by atoms with Gasteiger partial charge in [-0.1, -0.05) is 30.3 Å². The summed E-state index contributed by atoms with van der Waals surface area (Å²) in [6.45, 7) is 0.204. The Morgan fingerprint density at radius 1 is 1.14 bits per heavy atom. The first-order valence-corrected chi connectivity index (χ1v) is 6.60. The molecular formula is C16H17NO4. The van der Waals surface area contributed by atoms with Gasteiger partial charge in [0.05, 0.1) is 6.61 Å². The predicted octanol–water partition coefficient (Wildman–Crippen LogP) is 2.01. The molecule has 0 radical (unpaired) electrons. The van der Waals surface area contributed by atoms with Crippen molar-refractivity contribution in [1.82, 2.24) is 4.90 Å². The lowest BCUT2D eigenvalue weighted by molar-refractivity contribution is -0.137. The highest BCUT2D eigenvalue weighted by Crippen LogP contribution is 2.16. The number of nitrogens with zero attached hydrogens (tertiary/aromatic N) is 1. The second kappa shape index (κ2) is 6.85. The Kier molecular flexibility index (Phi) is 4.90. The fourth-order valence-corrected chi connectivity index (χ4v) is 2.12. The zero-order chi connectivity index (χ0) is 15.2. The van der Waals surface area contributed by atoms with Crippen LogP contribution in [0.4, 0.5) is 0 Å². The molecule has 2 aromatic rings. The summed E-state index contributed by atoms with van der Waals surface area (Å²) in [5.41, 5.74) is 0.478. The van der Waals surface area contributed by atoms with Gasteiger partial charge < -0.3 is 14.7 Å². The summed E-state index contributed by atoms with van der Waals surface area (Å²) in [7, 11) is 1.51. The molecule has 5 heteroatoms. The van der Waals surface area contributed by atoms with Crippen LogP contribution in [0.1, 0.15) is 10.4 Å². The van der Waals surface area contributed by atoms with Crippen LogP contribution >= 0.6 is 0 Å². The van der Waals surface area contributed by atoms with Crippen molar-refractivity contribution in [1.29, 1.82) is 0 Å². The molecule has 0 aromatic heterocycles. The molecule has 0 saturated carbocycles. The maximum atomic E-state index is 12.4. The number of fused-ring (bicyclic) bond motifs is 1. The fraction of sp³-hybridized carbons (Fsp3) is 0.250. The molecule has 0 aliphatic rings. The largest absolute Gasteiger partial charge is 0.480 e.